The zero-order chi connectivity index (χ0) is 26.6. The van der Waals surface area contributed by atoms with Crippen LogP contribution in [0.15, 0.2) is 54.7 Å². The van der Waals surface area contributed by atoms with Gasteiger partial charge in [0.05, 0.1) is 26.1 Å². The zero-order valence-corrected chi connectivity index (χ0v) is 21.7. The van der Waals surface area contributed by atoms with Gasteiger partial charge in [-0.25, -0.2) is 14.8 Å². The molecule has 1 aliphatic heterocycles. The van der Waals surface area contributed by atoms with E-state index in [1.165, 1.54) is 0 Å². The normalized spacial score (nSPS) is 13.4. The minimum atomic E-state index is -0.0130. The summed E-state index contributed by atoms with van der Waals surface area (Å²) in [4.78, 5) is 37.2. The number of amides is 2. The molecule has 0 aliphatic carbocycles. The van der Waals surface area contributed by atoms with Crippen molar-refractivity contribution in [2.75, 3.05) is 62.5 Å². The first kappa shape index (κ1) is 25.0. The van der Waals surface area contributed by atoms with Gasteiger partial charge in [-0.3, -0.25) is 4.90 Å². The SMILES string of the molecule is CCN(C(=O)N1CCN(c2nc(N)nc3ncc(-c4ccc(OC)c(OC)c4)nc23)CC1)c1ccccc1. The van der Waals surface area contributed by atoms with Gasteiger partial charge < -0.3 is 25.0 Å². The number of fused-ring (bicyclic) bond motifs is 1. The summed E-state index contributed by atoms with van der Waals surface area (Å²) in [7, 11) is 3.18. The number of nitrogens with two attached hydrogens (primary N) is 1. The average molecular weight is 515 g/mol. The molecule has 38 heavy (non-hydrogen) atoms. The minimum Gasteiger partial charge on any atom is -0.493 e. The van der Waals surface area contributed by atoms with Gasteiger partial charge in [-0.1, -0.05) is 18.2 Å². The first-order valence-electron chi connectivity index (χ1n) is 12.4. The van der Waals surface area contributed by atoms with Crippen molar-refractivity contribution in [3.05, 3.63) is 54.7 Å². The number of benzene rings is 2. The lowest BCUT2D eigenvalue weighted by molar-refractivity contribution is 0.201. The van der Waals surface area contributed by atoms with Crippen molar-refractivity contribution < 1.29 is 14.3 Å². The molecule has 2 aromatic heterocycles. The molecule has 0 radical (unpaired) electrons. The summed E-state index contributed by atoms with van der Waals surface area (Å²) in [5.74, 6) is 1.95. The molecule has 0 bridgehead atoms. The number of para-hydroxylation sites is 1. The van der Waals surface area contributed by atoms with Crippen LogP contribution in [0.3, 0.4) is 0 Å². The number of carbonyl (C=O) groups excluding carboxylic acids is 1. The Morgan fingerprint density at radius 2 is 1.71 bits per heavy atom. The number of nitrogen functional groups attached to an aromatic ring is 1. The maximum absolute atomic E-state index is 13.3. The fourth-order valence-corrected chi connectivity index (χ4v) is 4.58. The van der Waals surface area contributed by atoms with Crippen LogP contribution < -0.4 is 25.0 Å². The summed E-state index contributed by atoms with van der Waals surface area (Å²) in [5, 5.41) is 0. The minimum absolute atomic E-state index is 0.0130. The predicted molar refractivity (Wildman–Crippen MR) is 147 cm³/mol. The van der Waals surface area contributed by atoms with Gasteiger partial charge in [-0.15, -0.1) is 0 Å². The van der Waals surface area contributed by atoms with Gasteiger partial charge in [0.2, 0.25) is 5.95 Å². The van der Waals surface area contributed by atoms with Crippen LogP contribution in [0.25, 0.3) is 22.4 Å². The number of carbonyl (C=O) groups is 1. The molecule has 196 valence electrons. The van der Waals surface area contributed by atoms with Gasteiger partial charge in [-0.05, 0) is 37.3 Å². The third-order valence-corrected chi connectivity index (χ3v) is 6.55. The molecule has 0 saturated carbocycles. The van der Waals surface area contributed by atoms with Crippen LogP contribution in [0.1, 0.15) is 6.92 Å². The van der Waals surface area contributed by atoms with Crippen LogP contribution in [0.5, 0.6) is 11.5 Å². The van der Waals surface area contributed by atoms with Gasteiger partial charge in [0, 0.05) is 44.0 Å². The lowest BCUT2D eigenvalue weighted by Crippen LogP contribution is -2.53. The Labute approximate surface area is 220 Å². The van der Waals surface area contributed by atoms with Crippen molar-refractivity contribution in [3.63, 3.8) is 0 Å². The summed E-state index contributed by atoms with van der Waals surface area (Å²) < 4.78 is 10.8. The van der Waals surface area contributed by atoms with Crippen LogP contribution in [0.4, 0.5) is 22.2 Å². The zero-order valence-electron chi connectivity index (χ0n) is 21.7. The number of methoxy groups -OCH3 is 2. The van der Waals surface area contributed by atoms with E-state index in [4.69, 9.17) is 20.2 Å². The highest BCUT2D eigenvalue weighted by Gasteiger charge is 2.27. The summed E-state index contributed by atoms with van der Waals surface area (Å²) in [6.07, 6.45) is 1.65. The summed E-state index contributed by atoms with van der Waals surface area (Å²) in [6, 6.07) is 15.3. The molecule has 11 heteroatoms. The highest BCUT2D eigenvalue weighted by Crippen LogP contribution is 2.33. The summed E-state index contributed by atoms with van der Waals surface area (Å²) >= 11 is 0. The van der Waals surface area contributed by atoms with Crippen LogP contribution in [-0.2, 0) is 0 Å². The molecule has 1 aliphatic rings. The van der Waals surface area contributed by atoms with E-state index in [1.54, 1.807) is 25.3 Å². The number of hydrogen-bond acceptors (Lipinski definition) is 9. The Balaban J connectivity index is 1.40. The van der Waals surface area contributed by atoms with Crippen molar-refractivity contribution in [3.8, 4) is 22.8 Å². The van der Waals surface area contributed by atoms with Gasteiger partial charge in [0.1, 0.15) is 0 Å². The van der Waals surface area contributed by atoms with Crippen molar-refractivity contribution in [1.82, 2.24) is 24.8 Å². The van der Waals surface area contributed by atoms with Crippen molar-refractivity contribution >= 4 is 34.6 Å². The lowest BCUT2D eigenvalue weighted by Gasteiger charge is -2.38. The number of hydrogen-bond donors (Lipinski definition) is 1. The second kappa shape index (κ2) is 10.8. The largest absolute Gasteiger partial charge is 0.493 e. The maximum Gasteiger partial charge on any atom is 0.324 e. The van der Waals surface area contributed by atoms with E-state index < -0.39 is 0 Å². The molecule has 5 rings (SSSR count). The molecular formula is C27H30N8O3. The molecule has 2 N–H and O–H groups in total. The first-order chi connectivity index (χ1) is 18.5. The van der Waals surface area contributed by atoms with E-state index in [0.29, 0.717) is 66.9 Å². The van der Waals surface area contributed by atoms with E-state index in [1.807, 2.05) is 60.4 Å². The molecule has 2 aromatic carbocycles. The van der Waals surface area contributed by atoms with Crippen molar-refractivity contribution in [1.29, 1.82) is 0 Å². The number of ether oxygens (including phenoxy) is 2. The number of rotatable bonds is 6. The van der Waals surface area contributed by atoms with Crippen molar-refractivity contribution in [2.24, 2.45) is 0 Å². The molecule has 0 spiro atoms. The number of anilines is 3. The van der Waals surface area contributed by atoms with Crippen LogP contribution in [-0.4, -0.2) is 77.8 Å². The number of piperazine rings is 1. The molecule has 1 saturated heterocycles. The molecule has 0 unspecified atom stereocenters. The van der Waals surface area contributed by atoms with E-state index in [0.717, 1.165) is 11.3 Å². The molecular weight excluding hydrogens is 484 g/mol. The molecule has 4 aromatic rings. The van der Waals surface area contributed by atoms with E-state index in [-0.39, 0.29) is 12.0 Å². The second-order valence-electron chi connectivity index (χ2n) is 8.74. The Bertz CT molecular complexity index is 1440. The van der Waals surface area contributed by atoms with Crippen LogP contribution in [0.2, 0.25) is 0 Å². The van der Waals surface area contributed by atoms with Gasteiger partial charge >= 0.3 is 6.03 Å². The number of nitrogens with zero attached hydrogens (tertiary/aromatic N) is 7. The maximum atomic E-state index is 13.3. The van der Waals surface area contributed by atoms with E-state index in [9.17, 15) is 4.79 Å². The monoisotopic (exact) mass is 514 g/mol. The highest BCUT2D eigenvalue weighted by atomic mass is 16.5. The lowest BCUT2D eigenvalue weighted by atomic mass is 10.1. The smallest absolute Gasteiger partial charge is 0.324 e. The molecule has 2 amide bonds. The molecule has 3 heterocycles. The number of urea groups is 1. The van der Waals surface area contributed by atoms with Crippen molar-refractivity contribution in [2.45, 2.75) is 6.92 Å². The van der Waals surface area contributed by atoms with Crippen LogP contribution in [0, 0.1) is 0 Å². The standard InChI is InChI=1S/C27H30N8O3/c1-4-35(19-8-6-5-7-9-19)27(36)34-14-12-33(13-15-34)25-23-24(31-26(28)32-25)29-17-20(30-23)18-10-11-21(37-2)22(16-18)38-3/h5-11,16-17H,4,12-15H2,1-3H3,(H2,28,29,31,32). The third-order valence-electron chi connectivity index (χ3n) is 6.55. The number of aromatic nitrogens is 4. The second-order valence-corrected chi connectivity index (χ2v) is 8.74. The Hall–Kier alpha value is -4.67. The van der Waals surface area contributed by atoms with Gasteiger partial charge in [0.15, 0.2) is 28.5 Å². The predicted octanol–water partition coefficient (Wildman–Crippen LogP) is 3.45. The fraction of sp³-hybridized carbons (Fsp3) is 0.296. The van der Waals surface area contributed by atoms with Gasteiger partial charge in [-0.2, -0.15) is 9.97 Å². The molecule has 1 fully saturated rings. The van der Waals surface area contributed by atoms with E-state index >= 15 is 0 Å². The molecule has 0 atom stereocenters. The highest BCUT2D eigenvalue weighted by molar-refractivity contribution is 5.92. The van der Waals surface area contributed by atoms with E-state index in [2.05, 4.69) is 19.9 Å². The summed E-state index contributed by atoms with van der Waals surface area (Å²) in [6.45, 7) is 4.79. The molecule has 11 nitrogen and oxygen atoms in total. The Morgan fingerprint density at radius 1 is 0.974 bits per heavy atom. The topological polar surface area (TPSA) is 123 Å². The van der Waals surface area contributed by atoms with Gasteiger partial charge in [0.25, 0.3) is 0 Å². The average Bonchev–Trinajstić information content (AvgIpc) is 2.97. The first-order valence-corrected chi connectivity index (χ1v) is 12.4. The quantitative estimate of drug-likeness (QED) is 0.412. The fourth-order valence-electron chi connectivity index (χ4n) is 4.58. The summed E-state index contributed by atoms with van der Waals surface area (Å²) in [5.41, 5.74) is 9.33. The van der Waals surface area contributed by atoms with Crippen LogP contribution >= 0.6 is 0 Å². The third kappa shape index (κ3) is 4.82. The Kier molecular flexibility index (Phi) is 7.07. The Morgan fingerprint density at radius 3 is 2.39 bits per heavy atom.